The molecule has 44 heavy (non-hydrogen) atoms. The molecule has 0 saturated heterocycles. The van der Waals surface area contributed by atoms with Crippen molar-refractivity contribution in [3.63, 3.8) is 0 Å². The number of nitrogens with one attached hydrogen (secondary N) is 4. The number of aryl methyl sites for hydroxylation is 2. The highest BCUT2D eigenvalue weighted by atomic mass is 16.4. The number of carbonyl (C=O) groups is 3. The molecule has 14 nitrogen and oxygen atoms in total. The first-order chi connectivity index (χ1) is 21.1. The van der Waals surface area contributed by atoms with Crippen molar-refractivity contribution in [2.45, 2.75) is 57.7 Å². The third kappa shape index (κ3) is 6.41. The van der Waals surface area contributed by atoms with Crippen molar-refractivity contribution in [3.8, 4) is 12.3 Å². The number of hydrogen-bond donors (Lipinski definition) is 5. The highest BCUT2D eigenvalue weighted by molar-refractivity contribution is 5.97. The lowest BCUT2D eigenvalue weighted by molar-refractivity contribution is -0.139. The Morgan fingerprint density at radius 1 is 1.20 bits per heavy atom. The fraction of sp³-hybridized carbons (Fsp3) is 0.333. The summed E-state index contributed by atoms with van der Waals surface area (Å²) in [5.41, 5.74) is 3.60. The first-order valence-electron chi connectivity index (χ1n) is 14.0. The van der Waals surface area contributed by atoms with Crippen LogP contribution in [0.25, 0.3) is 10.9 Å². The summed E-state index contributed by atoms with van der Waals surface area (Å²) in [5, 5.41) is 28.7. The van der Waals surface area contributed by atoms with E-state index < -0.39 is 29.9 Å². The van der Waals surface area contributed by atoms with E-state index in [1.165, 1.54) is 0 Å². The van der Waals surface area contributed by atoms with Gasteiger partial charge in [0.25, 0.3) is 11.5 Å². The van der Waals surface area contributed by atoms with E-state index >= 15 is 0 Å². The molecular weight excluding hydrogens is 566 g/mol. The van der Waals surface area contributed by atoms with Gasteiger partial charge >= 0.3 is 5.97 Å². The van der Waals surface area contributed by atoms with Gasteiger partial charge in [0.2, 0.25) is 5.91 Å². The van der Waals surface area contributed by atoms with Gasteiger partial charge in [0.05, 0.1) is 29.5 Å². The van der Waals surface area contributed by atoms with E-state index in [1.54, 1.807) is 38.1 Å². The number of fused-ring (bicyclic) bond motifs is 2. The molecule has 1 aliphatic carbocycles. The molecule has 0 fully saturated rings. The lowest BCUT2D eigenvalue weighted by Crippen LogP contribution is -2.41. The smallest absolute Gasteiger partial charge is 0.326 e. The van der Waals surface area contributed by atoms with E-state index in [0.717, 1.165) is 29.7 Å². The first kappa shape index (κ1) is 29.9. The molecule has 0 bridgehead atoms. The Balaban J connectivity index is 1.26. The number of carboxylic acid groups (broad SMARTS) is 1. The average Bonchev–Trinajstić information content (AvgIpc) is 3.68. The van der Waals surface area contributed by atoms with Crippen molar-refractivity contribution < 1.29 is 19.5 Å². The van der Waals surface area contributed by atoms with Gasteiger partial charge in [0, 0.05) is 17.7 Å². The summed E-state index contributed by atoms with van der Waals surface area (Å²) in [6, 6.07) is 8.67. The van der Waals surface area contributed by atoms with Gasteiger partial charge in [0.15, 0.2) is 5.82 Å². The molecule has 0 aliphatic heterocycles. The average molecular weight is 598 g/mol. The highest BCUT2D eigenvalue weighted by Gasteiger charge is 2.29. The lowest BCUT2D eigenvalue weighted by atomic mass is 10.0. The van der Waals surface area contributed by atoms with Crippen LogP contribution in [0.4, 0.5) is 5.69 Å². The summed E-state index contributed by atoms with van der Waals surface area (Å²) in [6.07, 6.45) is 7.06. The maximum atomic E-state index is 13.0. The van der Waals surface area contributed by atoms with Crippen LogP contribution >= 0.6 is 0 Å². The number of benzene rings is 2. The van der Waals surface area contributed by atoms with Crippen LogP contribution in [-0.4, -0.2) is 66.1 Å². The molecule has 2 heterocycles. The Hall–Kier alpha value is -5.58. The van der Waals surface area contributed by atoms with E-state index in [2.05, 4.69) is 47.1 Å². The van der Waals surface area contributed by atoms with E-state index in [0.29, 0.717) is 29.1 Å². The topological polar surface area (TPSA) is 199 Å². The second-order valence-corrected chi connectivity index (χ2v) is 10.6. The number of carboxylic acids is 1. The number of carbonyl (C=O) groups excluding carboxylic acids is 2. The molecule has 1 unspecified atom stereocenters. The zero-order chi connectivity index (χ0) is 31.4. The van der Waals surface area contributed by atoms with Crippen molar-refractivity contribution in [3.05, 3.63) is 75.1 Å². The molecule has 2 aromatic heterocycles. The molecule has 226 valence electrons. The predicted octanol–water partition coefficient (Wildman–Crippen LogP) is 1.71. The van der Waals surface area contributed by atoms with Crippen LogP contribution in [0.2, 0.25) is 0 Å². The fourth-order valence-electron chi connectivity index (χ4n) is 5.45. The number of terminal acetylenes is 1. The van der Waals surface area contributed by atoms with Crippen LogP contribution in [0.3, 0.4) is 0 Å². The number of nitrogens with zero attached hydrogens (tertiary/aromatic N) is 5. The largest absolute Gasteiger partial charge is 0.480 e. The monoisotopic (exact) mass is 597 g/mol. The van der Waals surface area contributed by atoms with Crippen LogP contribution < -0.4 is 21.1 Å². The molecule has 2 amide bonds. The fourth-order valence-corrected chi connectivity index (χ4v) is 5.45. The van der Waals surface area contributed by atoms with E-state index in [1.807, 2.05) is 17.0 Å². The van der Waals surface area contributed by atoms with Gasteiger partial charge in [0.1, 0.15) is 11.9 Å². The van der Waals surface area contributed by atoms with E-state index in [4.69, 9.17) is 6.42 Å². The summed E-state index contributed by atoms with van der Waals surface area (Å²) < 4.78 is 0. The number of H-pyrrole nitrogens is 2. The van der Waals surface area contributed by atoms with Crippen molar-refractivity contribution >= 4 is 34.4 Å². The minimum Gasteiger partial charge on any atom is -0.480 e. The number of aromatic nitrogens is 6. The van der Waals surface area contributed by atoms with Gasteiger partial charge in [-0.1, -0.05) is 11.1 Å². The quantitative estimate of drug-likeness (QED) is 0.159. The molecule has 14 heteroatoms. The first-order valence-corrected chi connectivity index (χ1v) is 14.0. The standard InChI is InChI=1S/C30H31N9O5/c1-4-13-39(25-11-7-19-14-24-22(15-21(19)25)29(42)33-17(3)32-24)20-8-5-18(6-9-20)28(41)34-23(30(43)44)10-12-26(40)31-16(2)27-35-37-38-36-27/h1,5-6,8-9,14-16,23,25H,7,10-13H2,2-3H3,(H,31,40)(H,34,41)(H,43,44)(H,32,33,42)(H,35,36,37,38)/t16-,23-,25?/m0/s1. The Labute approximate surface area is 251 Å². The molecule has 2 aromatic carbocycles. The number of rotatable bonds is 11. The number of anilines is 1. The minimum atomic E-state index is -1.28. The number of aromatic amines is 2. The van der Waals surface area contributed by atoms with Gasteiger partial charge in [-0.05, 0) is 80.6 Å². The van der Waals surface area contributed by atoms with Crippen LogP contribution in [0.5, 0.6) is 0 Å². The normalized spacial score (nSPS) is 15.2. The molecular formula is C30H31N9O5. The molecule has 0 spiro atoms. The summed E-state index contributed by atoms with van der Waals surface area (Å²) in [5.74, 6) is 1.29. The minimum absolute atomic E-state index is 0.0869. The second kappa shape index (κ2) is 12.7. The third-order valence-corrected chi connectivity index (χ3v) is 7.62. The van der Waals surface area contributed by atoms with Crippen LogP contribution in [-0.2, 0) is 16.0 Å². The molecule has 5 N–H and O–H groups in total. The zero-order valence-corrected chi connectivity index (χ0v) is 24.1. The van der Waals surface area contributed by atoms with E-state index in [9.17, 15) is 24.3 Å². The zero-order valence-electron chi connectivity index (χ0n) is 24.1. The Kier molecular flexibility index (Phi) is 8.66. The molecule has 0 radical (unpaired) electrons. The Morgan fingerprint density at radius 2 is 1.98 bits per heavy atom. The Bertz CT molecular complexity index is 1790. The summed E-state index contributed by atoms with van der Waals surface area (Å²) in [6.45, 7) is 3.71. The molecule has 3 atom stereocenters. The van der Waals surface area contributed by atoms with Gasteiger partial charge in [-0.2, -0.15) is 5.21 Å². The Morgan fingerprint density at radius 3 is 2.66 bits per heavy atom. The SMILES string of the molecule is C#CCN(c1ccc(C(=O)N[C@@H](CCC(=O)N[C@@H](C)c2nn[nH]n2)C(=O)O)cc1)C1CCc2cc3nc(C)[nH]c(=O)c3cc21. The lowest BCUT2D eigenvalue weighted by Gasteiger charge is -2.30. The van der Waals surface area contributed by atoms with Crippen LogP contribution in [0.15, 0.2) is 41.2 Å². The molecule has 0 saturated carbocycles. The van der Waals surface area contributed by atoms with Crippen LogP contribution in [0, 0.1) is 19.3 Å². The van der Waals surface area contributed by atoms with Gasteiger partial charge in [-0.3, -0.25) is 14.4 Å². The number of tetrazole rings is 1. The highest BCUT2D eigenvalue weighted by Crippen LogP contribution is 2.39. The maximum absolute atomic E-state index is 13.0. The summed E-state index contributed by atoms with van der Waals surface area (Å²) in [4.78, 5) is 59.0. The second-order valence-electron chi connectivity index (χ2n) is 10.6. The van der Waals surface area contributed by atoms with Crippen molar-refractivity contribution in [1.29, 1.82) is 0 Å². The summed E-state index contributed by atoms with van der Waals surface area (Å²) in [7, 11) is 0. The molecule has 4 aromatic rings. The van der Waals surface area contributed by atoms with Gasteiger partial charge in [-0.15, -0.1) is 16.6 Å². The van der Waals surface area contributed by atoms with Crippen LogP contribution in [0.1, 0.15) is 71.4 Å². The number of hydrogen-bond acceptors (Lipinski definition) is 9. The third-order valence-electron chi connectivity index (χ3n) is 7.62. The summed E-state index contributed by atoms with van der Waals surface area (Å²) >= 11 is 0. The number of amides is 2. The van der Waals surface area contributed by atoms with Crippen molar-refractivity contribution in [2.75, 3.05) is 11.4 Å². The van der Waals surface area contributed by atoms with Crippen molar-refractivity contribution in [1.82, 2.24) is 41.2 Å². The number of aliphatic carboxylic acids is 1. The molecule has 5 rings (SSSR count). The van der Waals surface area contributed by atoms with Gasteiger partial charge < -0.3 is 25.6 Å². The van der Waals surface area contributed by atoms with E-state index in [-0.39, 0.29) is 30.0 Å². The maximum Gasteiger partial charge on any atom is 0.326 e. The van der Waals surface area contributed by atoms with Crippen molar-refractivity contribution in [2.24, 2.45) is 0 Å². The molecule has 1 aliphatic rings. The predicted molar refractivity (Wildman–Crippen MR) is 160 cm³/mol. The van der Waals surface area contributed by atoms with Gasteiger partial charge in [-0.25, -0.2) is 9.78 Å².